The van der Waals surface area contributed by atoms with Crippen LogP contribution in [0.25, 0.3) is 0 Å². The van der Waals surface area contributed by atoms with Crippen molar-refractivity contribution in [2.75, 3.05) is 6.54 Å². The zero-order valence-electron chi connectivity index (χ0n) is 13.8. The Labute approximate surface area is 143 Å². The highest BCUT2D eigenvalue weighted by Crippen LogP contribution is 2.36. The molecule has 0 radical (unpaired) electrons. The molecule has 0 bridgehead atoms. The standard InChI is InChI=1S/C19H21NO3S/c1-14-19(17-6-4-3-5-7-17)12-13-20(14)24(22,23)18-10-8-16(9-11-18)15(2)21/h3-11,14,19H,12-13H2,1-2H3. The van der Waals surface area contributed by atoms with Gasteiger partial charge in [0.1, 0.15) is 0 Å². The smallest absolute Gasteiger partial charge is 0.243 e. The second-order valence-electron chi connectivity index (χ2n) is 6.24. The largest absolute Gasteiger partial charge is 0.295 e. The monoisotopic (exact) mass is 343 g/mol. The molecule has 2 unspecified atom stereocenters. The summed E-state index contributed by atoms with van der Waals surface area (Å²) in [6.07, 6.45) is 0.815. The summed E-state index contributed by atoms with van der Waals surface area (Å²) in [5.74, 6) is 0.134. The molecule has 0 N–H and O–H groups in total. The first-order chi connectivity index (χ1) is 11.4. The quantitative estimate of drug-likeness (QED) is 0.799. The predicted molar refractivity (Wildman–Crippen MR) is 93.6 cm³/mol. The third-order valence-electron chi connectivity index (χ3n) is 4.79. The van der Waals surface area contributed by atoms with Gasteiger partial charge in [0.2, 0.25) is 10.0 Å². The minimum atomic E-state index is -3.55. The Kier molecular flexibility index (Phi) is 4.56. The second kappa shape index (κ2) is 6.49. The van der Waals surface area contributed by atoms with Crippen LogP contribution in [-0.2, 0) is 10.0 Å². The molecule has 3 rings (SSSR count). The van der Waals surface area contributed by atoms with Crippen molar-refractivity contribution in [1.29, 1.82) is 0 Å². The van der Waals surface area contributed by atoms with Gasteiger partial charge in [0, 0.05) is 24.1 Å². The van der Waals surface area contributed by atoms with E-state index in [1.165, 1.54) is 24.6 Å². The zero-order chi connectivity index (χ0) is 17.3. The van der Waals surface area contributed by atoms with E-state index in [0.717, 1.165) is 6.42 Å². The topological polar surface area (TPSA) is 54.5 Å². The van der Waals surface area contributed by atoms with E-state index in [0.29, 0.717) is 12.1 Å². The highest BCUT2D eigenvalue weighted by molar-refractivity contribution is 7.89. The number of hydrogen-bond donors (Lipinski definition) is 0. The van der Waals surface area contributed by atoms with Gasteiger partial charge in [-0.3, -0.25) is 4.79 Å². The lowest BCUT2D eigenvalue weighted by molar-refractivity contribution is 0.101. The highest BCUT2D eigenvalue weighted by atomic mass is 32.2. The van der Waals surface area contributed by atoms with Crippen LogP contribution < -0.4 is 0 Å². The minimum Gasteiger partial charge on any atom is -0.295 e. The fraction of sp³-hybridized carbons (Fsp3) is 0.316. The van der Waals surface area contributed by atoms with E-state index in [1.807, 2.05) is 25.1 Å². The molecular formula is C19H21NO3S. The molecule has 0 saturated carbocycles. The summed E-state index contributed by atoms with van der Waals surface area (Å²) in [5.41, 5.74) is 1.69. The van der Waals surface area contributed by atoms with E-state index in [9.17, 15) is 13.2 Å². The number of nitrogens with zero attached hydrogens (tertiary/aromatic N) is 1. The van der Waals surface area contributed by atoms with Gasteiger partial charge in [0.25, 0.3) is 0 Å². The summed E-state index contributed by atoms with van der Waals surface area (Å²) in [5, 5.41) is 0. The third kappa shape index (κ3) is 3.01. The number of ketones is 1. The van der Waals surface area contributed by atoms with Crippen LogP contribution in [0.5, 0.6) is 0 Å². The molecule has 1 aliphatic heterocycles. The van der Waals surface area contributed by atoms with Crippen molar-refractivity contribution in [2.24, 2.45) is 0 Å². The average Bonchev–Trinajstić information content (AvgIpc) is 2.98. The van der Waals surface area contributed by atoms with E-state index in [1.54, 1.807) is 16.4 Å². The molecule has 5 heteroatoms. The van der Waals surface area contributed by atoms with Crippen LogP contribution in [-0.4, -0.2) is 31.1 Å². The number of Topliss-reactive ketones (excluding diaryl/α,β-unsaturated/α-hetero) is 1. The number of carbonyl (C=O) groups excluding carboxylic acids is 1. The summed E-state index contributed by atoms with van der Waals surface area (Å²) < 4.78 is 27.5. The van der Waals surface area contributed by atoms with Gasteiger partial charge in [-0.2, -0.15) is 4.31 Å². The van der Waals surface area contributed by atoms with E-state index in [4.69, 9.17) is 0 Å². The Hall–Kier alpha value is -1.98. The predicted octanol–water partition coefficient (Wildman–Crippen LogP) is 3.46. The Morgan fingerprint density at radius 2 is 1.67 bits per heavy atom. The lowest BCUT2D eigenvalue weighted by Gasteiger charge is -2.24. The Morgan fingerprint density at radius 1 is 1.04 bits per heavy atom. The van der Waals surface area contributed by atoms with Crippen molar-refractivity contribution in [1.82, 2.24) is 4.31 Å². The molecule has 1 fully saturated rings. The molecule has 1 aliphatic rings. The van der Waals surface area contributed by atoms with Crippen LogP contribution in [0, 0.1) is 0 Å². The lowest BCUT2D eigenvalue weighted by Crippen LogP contribution is -2.35. The summed E-state index contributed by atoms with van der Waals surface area (Å²) in [6, 6.07) is 16.1. The fourth-order valence-electron chi connectivity index (χ4n) is 3.39. The SMILES string of the molecule is CC(=O)c1ccc(S(=O)(=O)N2CCC(c3ccccc3)C2C)cc1. The van der Waals surface area contributed by atoms with Gasteiger partial charge in [-0.1, -0.05) is 42.5 Å². The molecule has 0 amide bonds. The van der Waals surface area contributed by atoms with Crippen LogP contribution in [0.1, 0.15) is 42.1 Å². The number of benzene rings is 2. The summed E-state index contributed by atoms with van der Waals surface area (Å²) >= 11 is 0. The Morgan fingerprint density at radius 3 is 2.25 bits per heavy atom. The van der Waals surface area contributed by atoms with E-state index < -0.39 is 10.0 Å². The van der Waals surface area contributed by atoms with Gasteiger partial charge in [-0.05, 0) is 38.0 Å². The Bertz CT molecular complexity index is 829. The van der Waals surface area contributed by atoms with Crippen molar-refractivity contribution < 1.29 is 13.2 Å². The normalized spacial score (nSPS) is 21.8. The lowest BCUT2D eigenvalue weighted by atomic mass is 9.93. The van der Waals surface area contributed by atoms with Gasteiger partial charge < -0.3 is 0 Å². The molecule has 24 heavy (non-hydrogen) atoms. The maximum atomic E-state index is 12.9. The molecular weight excluding hydrogens is 322 g/mol. The van der Waals surface area contributed by atoms with Crippen LogP contribution in [0.2, 0.25) is 0 Å². The first-order valence-electron chi connectivity index (χ1n) is 8.09. The van der Waals surface area contributed by atoms with Gasteiger partial charge >= 0.3 is 0 Å². The first-order valence-corrected chi connectivity index (χ1v) is 9.53. The molecule has 1 saturated heterocycles. The zero-order valence-corrected chi connectivity index (χ0v) is 14.7. The third-order valence-corrected chi connectivity index (χ3v) is 6.79. The molecule has 2 atom stereocenters. The molecule has 2 aromatic rings. The number of hydrogen-bond acceptors (Lipinski definition) is 3. The van der Waals surface area contributed by atoms with Gasteiger partial charge in [0.05, 0.1) is 4.90 Å². The van der Waals surface area contributed by atoms with Gasteiger partial charge in [-0.15, -0.1) is 0 Å². The molecule has 0 aromatic heterocycles. The first kappa shape index (κ1) is 16.9. The van der Waals surface area contributed by atoms with Crippen molar-refractivity contribution >= 4 is 15.8 Å². The average molecular weight is 343 g/mol. The molecule has 0 aliphatic carbocycles. The second-order valence-corrected chi connectivity index (χ2v) is 8.13. The summed E-state index contributed by atoms with van der Waals surface area (Å²) in [7, 11) is -3.55. The summed E-state index contributed by atoms with van der Waals surface area (Å²) in [6.45, 7) is 3.94. The minimum absolute atomic E-state index is 0.0716. The van der Waals surface area contributed by atoms with Crippen molar-refractivity contribution in [3.05, 3.63) is 65.7 Å². The van der Waals surface area contributed by atoms with Crippen LogP contribution >= 0.6 is 0 Å². The maximum Gasteiger partial charge on any atom is 0.243 e. The molecule has 0 spiro atoms. The molecule has 2 aromatic carbocycles. The molecule has 4 nitrogen and oxygen atoms in total. The number of rotatable bonds is 4. The van der Waals surface area contributed by atoms with Crippen LogP contribution in [0.3, 0.4) is 0 Å². The van der Waals surface area contributed by atoms with Gasteiger partial charge in [0.15, 0.2) is 5.78 Å². The van der Waals surface area contributed by atoms with E-state index >= 15 is 0 Å². The number of sulfonamides is 1. The molecule has 1 heterocycles. The van der Waals surface area contributed by atoms with Gasteiger partial charge in [-0.25, -0.2) is 8.42 Å². The van der Waals surface area contributed by atoms with Crippen molar-refractivity contribution in [3.8, 4) is 0 Å². The van der Waals surface area contributed by atoms with Crippen LogP contribution in [0.4, 0.5) is 0 Å². The van der Waals surface area contributed by atoms with E-state index in [-0.39, 0.29) is 22.6 Å². The number of carbonyl (C=O) groups is 1. The van der Waals surface area contributed by atoms with E-state index in [2.05, 4.69) is 12.1 Å². The summed E-state index contributed by atoms with van der Waals surface area (Å²) in [4.78, 5) is 11.6. The fourth-order valence-corrected chi connectivity index (χ4v) is 5.07. The Balaban J connectivity index is 1.86. The van der Waals surface area contributed by atoms with Crippen molar-refractivity contribution in [3.63, 3.8) is 0 Å². The maximum absolute atomic E-state index is 12.9. The van der Waals surface area contributed by atoms with Crippen molar-refractivity contribution in [2.45, 2.75) is 37.1 Å². The van der Waals surface area contributed by atoms with Crippen LogP contribution in [0.15, 0.2) is 59.5 Å². The molecule has 126 valence electrons. The highest BCUT2D eigenvalue weighted by Gasteiger charge is 2.39.